The Morgan fingerprint density at radius 2 is 0.252 bits per heavy atom. The van der Waals surface area contributed by atoms with E-state index in [4.69, 9.17) is 11.8 Å². The molecule has 0 aliphatic heterocycles. The first-order valence-electron chi connectivity index (χ1n) is 25.1. The molecule has 0 radical (unpaired) electrons. The summed E-state index contributed by atoms with van der Waals surface area (Å²) < 4.78 is 0. The highest BCUT2D eigenvalue weighted by molar-refractivity contribution is 9.54. The van der Waals surface area contributed by atoms with E-state index in [1.807, 2.05) is 0 Å². The van der Waals surface area contributed by atoms with Crippen molar-refractivity contribution in [2.75, 3.05) is 0 Å². The first-order chi connectivity index (χ1) is 50.6. The van der Waals surface area contributed by atoms with E-state index in [-0.39, 0.29) is 363 Å². The zero-order chi connectivity index (χ0) is 88.1. The third kappa shape index (κ3) is 60.1. The Balaban J connectivity index is 0. The van der Waals surface area contributed by atoms with Gasteiger partial charge >= 0.3 is 0 Å². The Morgan fingerprint density at radius 1 is 0.135 bits per heavy atom. The molecule has 0 aliphatic rings. The lowest BCUT2D eigenvalue weighted by Gasteiger charge is -2.57. The number of hydrogen-bond acceptors (Lipinski definition) is 1. The van der Waals surface area contributed by atoms with Crippen molar-refractivity contribution in [3.05, 3.63) is 0 Å². The summed E-state index contributed by atoms with van der Waals surface area (Å²) in [5.41, 5.74) is 0. The highest BCUT2D eigenvalue weighted by Gasteiger charge is 2.61. The number of hydrogen-bond donors (Lipinski definition) is 0. The highest BCUT2D eigenvalue weighted by Crippen LogP contribution is 3.48. The molecule has 62 atom stereocenters. The molecule has 668 valence electrons. The van der Waals surface area contributed by atoms with E-state index in [2.05, 4.69) is 491 Å². The van der Waals surface area contributed by atoms with Crippen LogP contribution in [0.15, 0.2) is 0 Å². The monoisotopic (exact) mass is 3550 g/mol. The summed E-state index contributed by atoms with van der Waals surface area (Å²) in [7, 11) is 195. The van der Waals surface area contributed by atoms with Crippen LogP contribution in [-0.2, 0) is 11.8 Å². The highest BCUT2D eigenvalue weighted by atomic mass is 33.6. The van der Waals surface area contributed by atoms with Crippen molar-refractivity contribution in [3.8, 4) is 0 Å². The predicted octanol–water partition coefficient (Wildman–Crippen LogP) is 64.7. The van der Waals surface area contributed by atoms with Crippen LogP contribution in [-0.4, -0.2) is 0 Å². The lowest BCUT2D eigenvalue weighted by molar-refractivity contribution is 4.36. The van der Waals surface area contributed by atoms with Gasteiger partial charge in [0.05, 0.1) is 0 Å². The Labute approximate surface area is 874 Å². The van der Waals surface area contributed by atoms with Crippen LogP contribution in [0.3, 0.4) is 0 Å². The van der Waals surface area contributed by atoms with Gasteiger partial charge < -0.3 is 0 Å². The second-order valence-electron chi connectivity index (χ2n) is 17.3. The average molecular weight is 3550 g/mol. The van der Waals surface area contributed by atoms with Crippen LogP contribution < -0.4 is 0 Å². The molecule has 111 heavy (non-hydrogen) atoms. The van der Waals surface area contributed by atoms with Crippen LogP contribution >= 0.6 is 877 Å². The molecule has 0 aliphatic carbocycles. The Morgan fingerprint density at radius 3 is 0.378 bits per heavy atom. The van der Waals surface area contributed by atoms with E-state index < -0.39 is 0 Å². The second-order valence-corrected chi connectivity index (χ2v) is 468. The van der Waals surface area contributed by atoms with Gasteiger partial charge in [0.1, 0.15) is 0 Å². The molecule has 111 heteroatoms. The van der Waals surface area contributed by atoms with Crippen molar-refractivity contribution < 1.29 is 0 Å². The van der Waals surface area contributed by atoms with E-state index in [1.54, 1.807) is 0 Å². The van der Waals surface area contributed by atoms with Crippen LogP contribution in [0, 0.1) is 0 Å². The van der Waals surface area contributed by atoms with Gasteiger partial charge in [-0.2, -0.15) is 0 Å². The summed E-state index contributed by atoms with van der Waals surface area (Å²) in [5.74, 6) is 0. The Hall–Kier alpha value is 47.4. The van der Waals surface area contributed by atoms with Crippen LogP contribution in [0.2, 0.25) is 0 Å². The molecule has 0 aromatic carbocycles. The summed E-state index contributed by atoms with van der Waals surface area (Å²) in [6.07, 6.45) is 0. The van der Waals surface area contributed by atoms with Gasteiger partial charge in [0.15, 0.2) is 0 Å². The summed E-state index contributed by atoms with van der Waals surface area (Å²) >= 11 is 7.00. The van der Waals surface area contributed by atoms with Crippen LogP contribution in [0.1, 0.15) is 0 Å². The van der Waals surface area contributed by atoms with E-state index in [9.17, 15) is 0 Å². The molecule has 0 spiro atoms. The molecule has 0 bridgehead atoms. The Bertz CT molecular complexity index is 2020. The van der Waals surface area contributed by atoms with Gasteiger partial charge in [-0.25, -0.2) is 0 Å². The topological polar surface area (TPSA) is 0 Å². The van der Waals surface area contributed by atoms with E-state index >= 15 is 0 Å². The lowest BCUT2D eigenvalue weighted by atomic mass is 28.4. The molecule has 0 nitrogen and oxygen atoms in total. The van der Waals surface area contributed by atoms with E-state index in [0.717, 1.165) is 7.96 Å². The molecule has 0 fully saturated rings. The molecule has 0 N–H and O–H groups in total. The third-order valence-electron chi connectivity index (χ3n) is 9.52. The molecular formula is H112P110S. The first-order valence-corrected chi connectivity index (χ1v) is 226. The molecule has 0 saturated heterocycles. The van der Waals surface area contributed by atoms with Crippen molar-refractivity contribution >= 4 is 889 Å². The molecule has 0 rings (SSSR count). The minimum Gasteiger partial charge on any atom is -0.109 e. The maximum atomic E-state index is 7.00. The van der Waals surface area contributed by atoms with E-state index in [0.29, 0.717) is 0 Å². The summed E-state index contributed by atoms with van der Waals surface area (Å²) in [4.78, 5) is 0. The molecule has 0 aromatic heterocycles. The summed E-state index contributed by atoms with van der Waals surface area (Å²) in [5, 5.41) is 0. The van der Waals surface area contributed by atoms with Crippen LogP contribution in [0.5, 0.6) is 0 Å². The maximum absolute atomic E-state index is 7.00. The van der Waals surface area contributed by atoms with Crippen molar-refractivity contribution in [1.82, 2.24) is 0 Å². The smallest absolute Gasteiger partial charge is 0.0292 e. The molecule has 62 unspecified atom stereocenters. The molecule has 0 saturated carbocycles. The fourth-order valence-electron chi connectivity index (χ4n) is 6.44. The van der Waals surface area contributed by atoms with E-state index in [1.165, 1.54) is 15.0 Å². The minimum atomic E-state index is -0.367. The maximum Gasteiger partial charge on any atom is 0.0292 e. The zero-order valence-electron chi connectivity index (χ0n) is 56.9. The fraction of sp³-hybridized carbons (Fsp3) is 0. The van der Waals surface area contributed by atoms with Gasteiger partial charge in [0.2, 0.25) is 0 Å². The first kappa shape index (κ1) is 160. The summed E-state index contributed by atoms with van der Waals surface area (Å²) in [6.45, 7) is -9.55. The van der Waals surface area contributed by atoms with Gasteiger partial charge in [0, 0.05) is 28.0 Å². The third-order valence-corrected chi connectivity index (χ3v) is 771. The van der Waals surface area contributed by atoms with Crippen molar-refractivity contribution in [2.45, 2.75) is 0 Å². The van der Waals surface area contributed by atoms with Crippen molar-refractivity contribution in [3.63, 3.8) is 0 Å². The molecule has 0 amide bonds. The van der Waals surface area contributed by atoms with Gasteiger partial charge in [-0.1, -0.05) is 19.8 Å². The van der Waals surface area contributed by atoms with Gasteiger partial charge in [-0.15, -0.1) is 491 Å². The molecule has 0 heterocycles. The average Bonchev–Trinajstić information content (AvgIpc) is 0.744. The fourth-order valence-corrected chi connectivity index (χ4v) is 1570. The van der Waals surface area contributed by atoms with Gasteiger partial charge in [-0.3, -0.25) is 0 Å². The quantitative estimate of drug-likeness (QED) is 0.0547. The van der Waals surface area contributed by atoms with Crippen molar-refractivity contribution in [2.24, 2.45) is 0 Å². The summed E-state index contributed by atoms with van der Waals surface area (Å²) in [6, 6.07) is 0. The van der Waals surface area contributed by atoms with Crippen LogP contribution in [0.4, 0.5) is 0 Å². The normalized spacial score (nSPS) is 15.9. The Kier molecular flexibility index (Phi) is 131. The standard InChI is InChI=1S/H55P55S.H57P55/c1-28-43(30(2)3)51(45(31(4)5)32(6)7)52(46(33(8)9)34(10)11)44(29-56)53(54(47(35(12)13)36(14)15)48(37(16)17)38(18)19)55(49(39(20)21)40(22)23)50(41(24)25)42(26)27;1-30(2)46(31(3)4)44(53(47(32(5)6)33(7)8)48(34(9)10)35(11)12)29-45(54(49(36(13)14)37(15)16)50(38(17)18)39(19)20)55(51(40(21)22)41(23)24)52(42(25)26)43(27)28/h28H,1-27H2;29H,1-28H2. The minimum absolute atomic E-state index is 0.0954. The predicted molar refractivity (Wildman–Crippen MR) is 925 cm³/mol. The molecule has 0 aromatic rings. The number of rotatable bonds is 53. The van der Waals surface area contributed by atoms with Gasteiger partial charge in [0.25, 0.3) is 0 Å². The largest absolute Gasteiger partial charge is 0.109 e. The van der Waals surface area contributed by atoms with Gasteiger partial charge in [-0.05, 0) is 350 Å². The zero-order valence-corrected chi connectivity index (χ0v) is 171. The SMILES string of the molecule is PP(P)P(P(P)P)P(PP(P(P(P(P)P)P(P)P)P(P(P)P)P(P)P)P(P(P(P)P)P(P)P)P(P(P)P)P(P)P)P(P(P(P)P)P(P)P)P(P(P)P)P(P)P.PPP(P(P)P)P(P(P(P)P)P(P)P)P(P(P=S)P(P(P(P(P)P)P(P)P)P(P(P)P)P(P)P)P(P(P(P)P)P(P)P)P(P(P)P)P(P)P)P(P(P)P)P(P)P. The van der Waals surface area contributed by atoms with Crippen LogP contribution in [0.25, 0.3) is 0 Å². The molecular weight excluding hydrogens is 3440 g/mol. The second kappa shape index (κ2) is 90.4. The van der Waals surface area contributed by atoms with Crippen molar-refractivity contribution in [1.29, 1.82) is 0 Å². The lowest BCUT2D eigenvalue weighted by Crippen LogP contribution is -1.70.